The topological polar surface area (TPSA) is 67.9 Å². The number of rotatable bonds is 7. The van der Waals surface area contributed by atoms with Gasteiger partial charge < -0.3 is 19.7 Å². The molecule has 0 saturated heterocycles. The number of nitrogens with one attached hydrogen (secondary N) is 1. The number of anilines is 1. The largest absolute Gasteiger partial charge is 0.483 e. The molecule has 3 aromatic rings. The van der Waals surface area contributed by atoms with Crippen LogP contribution in [0.2, 0.25) is 0 Å². The molecule has 0 radical (unpaired) electrons. The van der Waals surface area contributed by atoms with Crippen LogP contribution in [0.25, 0.3) is 0 Å². The van der Waals surface area contributed by atoms with E-state index in [1.54, 1.807) is 62.6 Å². The Balaban J connectivity index is 1.65. The molecule has 0 aliphatic heterocycles. The second kappa shape index (κ2) is 9.41. The van der Waals surface area contributed by atoms with E-state index in [1.807, 2.05) is 30.3 Å². The molecule has 0 spiro atoms. The minimum absolute atomic E-state index is 0.136. The minimum Gasteiger partial charge on any atom is -0.483 e. The summed E-state index contributed by atoms with van der Waals surface area (Å²) in [6.45, 7) is -0.136. The van der Waals surface area contributed by atoms with E-state index in [2.05, 4.69) is 5.32 Å². The van der Waals surface area contributed by atoms with Crippen LogP contribution in [-0.4, -0.2) is 37.4 Å². The van der Waals surface area contributed by atoms with E-state index >= 15 is 0 Å². The molecule has 0 atom stereocenters. The van der Waals surface area contributed by atoms with Gasteiger partial charge in [0.1, 0.15) is 17.2 Å². The summed E-state index contributed by atoms with van der Waals surface area (Å²) in [7, 11) is 3.30. The van der Waals surface area contributed by atoms with Gasteiger partial charge in [0.2, 0.25) is 0 Å². The van der Waals surface area contributed by atoms with Gasteiger partial charge in [-0.15, -0.1) is 0 Å². The molecule has 2 amide bonds. The molecule has 0 aliphatic rings. The monoisotopic (exact) mass is 390 g/mol. The highest BCUT2D eigenvalue weighted by Crippen LogP contribution is 2.24. The zero-order chi connectivity index (χ0) is 20.6. The molecule has 1 N–H and O–H groups in total. The highest BCUT2D eigenvalue weighted by atomic mass is 16.5. The standard InChI is InChI=1S/C23H22N2O4/c1-25(2)22(26)16-28-21-11-7-6-10-20(21)23(27)24-17-12-14-19(15-13-17)29-18-8-4-3-5-9-18/h3-15H,16H2,1-2H3,(H,24,27). The first-order valence-corrected chi connectivity index (χ1v) is 9.09. The number of hydrogen-bond donors (Lipinski definition) is 1. The zero-order valence-corrected chi connectivity index (χ0v) is 16.3. The van der Waals surface area contributed by atoms with Gasteiger partial charge >= 0.3 is 0 Å². The Bertz CT molecular complexity index is 970. The van der Waals surface area contributed by atoms with Crippen molar-refractivity contribution in [3.8, 4) is 17.2 Å². The van der Waals surface area contributed by atoms with Crippen LogP contribution in [0.3, 0.4) is 0 Å². The maximum Gasteiger partial charge on any atom is 0.259 e. The minimum atomic E-state index is -0.324. The number of likely N-dealkylation sites (N-methyl/N-ethyl adjacent to an activating group) is 1. The summed E-state index contributed by atoms with van der Waals surface area (Å²) in [5, 5.41) is 2.83. The third-order valence-corrected chi connectivity index (χ3v) is 4.07. The fourth-order valence-corrected chi connectivity index (χ4v) is 2.48. The highest BCUT2D eigenvalue weighted by Gasteiger charge is 2.14. The predicted octanol–water partition coefficient (Wildman–Crippen LogP) is 4.20. The molecule has 0 fully saturated rings. The molecule has 0 heterocycles. The van der Waals surface area contributed by atoms with Crippen molar-refractivity contribution in [2.45, 2.75) is 0 Å². The van der Waals surface area contributed by atoms with Gasteiger partial charge in [-0.2, -0.15) is 0 Å². The summed E-state index contributed by atoms with van der Waals surface area (Å²) in [6, 6.07) is 23.3. The number of benzene rings is 3. The first kappa shape index (κ1) is 19.9. The maximum absolute atomic E-state index is 12.7. The Hall–Kier alpha value is -3.80. The molecule has 0 aromatic heterocycles. The lowest BCUT2D eigenvalue weighted by atomic mass is 10.2. The molecule has 0 aliphatic carbocycles. The molecule has 6 nitrogen and oxygen atoms in total. The summed E-state index contributed by atoms with van der Waals surface area (Å²) < 4.78 is 11.3. The normalized spacial score (nSPS) is 10.1. The van der Waals surface area contributed by atoms with Gasteiger partial charge in [0, 0.05) is 19.8 Å². The number of hydrogen-bond acceptors (Lipinski definition) is 4. The lowest BCUT2D eigenvalue weighted by Crippen LogP contribution is -2.28. The number of para-hydroxylation sites is 2. The third-order valence-electron chi connectivity index (χ3n) is 4.07. The lowest BCUT2D eigenvalue weighted by Gasteiger charge is -2.14. The van der Waals surface area contributed by atoms with Crippen LogP contribution in [0.1, 0.15) is 10.4 Å². The Morgan fingerprint density at radius 2 is 1.45 bits per heavy atom. The van der Waals surface area contributed by atoms with Crippen LogP contribution in [-0.2, 0) is 4.79 Å². The van der Waals surface area contributed by atoms with Gasteiger partial charge in [-0.25, -0.2) is 0 Å². The van der Waals surface area contributed by atoms with E-state index in [1.165, 1.54) is 4.90 Å². The number of ether oxygens (including phenoxy) is 2. The van der Waals surface area contributed by atoms with Crippen LogP contribution in [0.15, 0.2) is 78.9 Å². The molecule has 0 saturated carbocycles. The quantitative estimate of drug-likeness (QED) is 0.657. The van der Waals surface area contributed by atoms with Crippen molar-refractivity contribution in [1.82, 2.24) is 4.90 Å². The summed E-state index contributed by atoms with van der Waals surface area (Å²) >= 11 is 0. The Labute approximate surface area is 169 Å². The summed E-state index contributed by atoms with van der Waals surface area (Å²) in [6.07, 6.45) is 0. The van der Waals surface area contributed by atoms with Crippen LogP contribution in [0.4, 0.5) is 5.69 Å². The van der Waals surface area contributed by atoms with Gasteiger partial charge in [0.05, 0.1) is 5.56 Å². The van der Waals surface area contributed by atoms with Crippen LogP contribution in [0.5, 0.6) is 17.2 Å². The molecule has 6 heteroatoms. The first-order chi connectivity index (χ1) is 14.0. The van der Waals surface area contributed by atoms with Crippen molar-refractivity contribution in [3.63, 3.8) is 0 Å². The second-order valence-electron chi connectivity index (χ2n) is 6.47. The van der Waals surface area contributed by atoms with Crippen molar-refractivity contribution < 1.29 is 19.1 Å². The van der Waals surface area contributed by atoms with Crippen molar-refractivity contribution in [3.05, 3.63) is 84.4 Å². The second-order valence-corrected chi connectivity index (χ2v) is 6.47. The van der Waals surface area contributed by atoms with Gasteiger partial charge in [0.25, 0.3) is 11.8 Å². The van der Waals surface area contributed by atoms with Gasteiger partial charge in [-0.3, -0.25) is 9.59 Å². The van der Waals surface area contributed by atoms with Gasteiger partial charge in [-0.1, -0.05) is 30.3 Å². The van der Waals surface area contributed by atoms with Crippen molar-refractivity contribution in [2.75, 3.05) is 26.0 Å². The van der Waals surface area contributed by atoms with E-state index in [0.29, 0.717) is 22.7 Å². The van der Waals surface area contributed by atoms with Crippen LogP contribution >= 0.6 is 0 Å². The summed E-state index contributed by atoms with van der Waals surface area (Å²) in [5.41, 5.74) is 0.971. The average Bonchev–Trinajstić information content (AvgIpc) is 2.74. The molecular formula is C23H22N2O4. The molecule has 148 valence electrons. The Morgan fingerprint density at radius 1 is 0.828 bits per heavy atom. The fourth-order valence-electron chi connectivity index (χ4n) is 2.48. The summed E-state index contributed by atoms with van der Waals surface area (Å²) in [5.74, 6) is 1.25. The number of carbonyl (C=O) groups is 2. The maximum atomic E-state index is 12.7. The smallest absolute Gasteiger partial charge is 0.259 e. The SMILES string of the molecule is CN(C)C(=O)COc1ccccc1C(=O)Nc1ccc(Oc2ccccc2)cc1. The van der Waals surface area contributed by atoms with Crippen molar-refractivity contribution in [1.29, 1.82) is 0 Å². The average molecular weight is 390 g/mol. The molecule has 0 bridgehead atoms. The number of amides is 2. The van der Waals surface area contributed by atoms with Crippen molar-refractivity contribution >= 4 is 17.5 Å². The predicted molar refractivity (Wildman–Crippen MR) is 112 cm³/mol. The highest BCUT2D eigenvalue weighted by molar-refractivity contribution is 6.06. The Morgan fingerprint density at radius 3 is 2.14 bits per heavy atom. The molecule has 29 heavy (non-hydrogen) atoms. The zero-order valence-electron chi connectivity index (χ0n) is 16.3. The van der Waals surface area contributed by atoms with Crippen molar-refractivity contribution in [2.24, 2.45) is 0 Å². The molecular weight excluding hydrogens is 368 g/mol. The number of carbonyl (C=O) groups excluding carboxylic acids is 2. The summed E-state index contributed by atoms with van der Waals surface area (Å²) in [4.78, 5) is 25.8. The number of nitrogens with zero attached hydrogens (tertiary/aromatic N) is 1. The van der Waals surface area contributed by atoms with E-state index in [-0.39, 0.29) is 18.4 Å². The molecule has 0 unspecified atom stereocenters. The first-order valence-electron chi connectivity index (χ1n) is 9.09. The van der Waals surface area contributed by atoms with E-state index in [0.717, 1.165) is 5.75 Å². The molecule has 3 aromatic carbocycles. The van der Waals surface area contributed by atoms with E-state index in [4.69, 9.17) is 9.47 Å². The van der Waals surface area contributed by atoms with Gasteiger partial charge in [0.15, 0.2) is 6.61 Å². The Kier molecular flexibility index (Phi) is 6.47. The third kappa shape index (κ3) is 5.59. The van der Waals surface area contributed by atoms with Gasteiger partial charge in [-0.05, 0) is 48.5 Å². The van der Waals surface area contributed by atoms with E-state index < -0.39 is 0 Å². The van der Waals surface area contributed by atoms with Crippen LogP contribution < -0.4 is 14.8 Å². The fraction of sp³-hybridized carbons (Fsp3) is 0.130. The lowest BCUT2D eigenvalue weighted by molar-refractivity contribution is -0.130. The molecule has 3 rings (SSSR count). The van der Waals surface area contributed by atoms with Crippen LogP contribution in [0, 0.1) is 0 Å². The van der Waals surface area contributed by atoms with E-state index in [9.17, 15) is 9.59 Å².